The van der Waals surface area contributed by atoms with Gasteiger partial charge in [-0.05, 0) is 36.6 Å². The summed E-state index contributed by atoms with van der Waals surface area (Å²) in [6, 6.07) is 14.6. The fourth-order valence-corrected chi connectivity index (χ4v) is 5.40. The van der Waals surface area contributed by atoms with Crippen LogP contribution in [-0.4, -0.2) is 26.5 Å². The molecule has 2 aromatic heterocycles. The van der Waals surface area contributed by atoms with Gasteiger partial charge in [0, 0.05) is 28.8 Å². The summed E-state index contributed by atoms with van der Waals surface area (Å²) in [6.07, 6.45) is 0. The first-order valence-corrected chi connectivity index (χ1v) is 12.5. The fraction of sp³-hybridized carbons (Fsp3) is 0.292. The van der Waals surface area contributed by atoms with Crippen LogP contribution < -0.4 is 9.47 Å². The number of aromatic nitrogens is 4. The van der Waals surface area contributed by atoms with Crippen LogP contribution in [0.1, 0.15) is 37.9 Å². The first-order chi connectivity index (χ1) is 15.6. The second kappa shape index (κ2) is 8.96. The Kier molecular flexibility index (Phi) is 5.89. The van der Waals surface area contributed by atoms with Gasteiger partial charge >= 0.3 is 0 Å². The molecule has 2 aromatic carbocycles. The van der Waals surface area contributed by atoms with Crippen molar-refractivity contribution in [2.75, 3.05) is 6.79 Å². The van der Waals surface area contributed by atoms with E-state index in [0.29, 0.717) is 5.92 Å². The molecule has 32 heavy (non-hydrogen) atoms. The van der Waals surface area contributed by atoms with E-state index in [9.17, 15) is 0 Å². The Bertz CT molecular complexity index is 1230. The Morgan fingerprint density at radius 1 is 1.03 bits per heavy atom. The van der Waals surface area contributed by atoms with Gasteiger partial charge < -0.3 is 14.0 Å². The number of benzene rings is 2. The maximum atomic E-state index is 5.49. The van der Waals surface area contributed by atoms with Gasteiger partial charge in [0.05, 0.1) is 5.69 Å². The van der Waals surface area contributed by atoms with Crippen molar-refractivity contribution in [3.63, 3.8) is 0 Å². The summed E-state index contributed by atoms with van der Waals surface area (Å²) < 4.78 is 13.1. The topological polar surface area (TPSA) is 62.1 Å². The van der Waals surface area contributed by atoms with E-state index in [1.165, 1.54) is 5.56 Å². The van der Waals surface area contributed by atoms with Crippen LogP contribution in [0.2, 0.25) is 0 Å². The molecule has 1 aliphatic heterocycles. The van der Waals surface area contributed by atoms with Crippen LogP contribution in [0.25, 0.3) is 22.0 Å². The van der Waals surface area contributed by atoms with E-state index in [0.717, 1.165) is 56.6 Å². The van der Waals surface area contributed by atoms with Gasteiger partial charge in [0.25, 0.3) is 0 Å². The number of rotatable bonds is 7. The zero-order valence-corrected chi connectivity index (χ0v) is 19.9. The van der Waals surface area contributed by atoms with Gasteiger partial charge in [-0.3, -0.25) is 0 Å². The highest BCUT2D eigenvalue weighted by Gasteiger charge is 2.17. The predicted molar refractivity (Wildman–Crippen MR) is 128 cm³/mol. The SMILES string of the molecule is CCn1c(SCc2csc(-c3ccc4c(c3)OCO4)n2)nnc1-c1ccc(C(C)C)cc1. The molecule has 1 aliphatic rings. The third-order valence-corrected chi connectivity index (χ3v) is 7.33. The Labute approximate surface area is 195 Å². The van der Waals surface area contributed by atoms with E-state index < -0.39 is 0 Å². The van der Waals surface area contributed by atoms with E-state index in [-0.39, 0.29) is 6.79 Å². The average Bonchev–Trinajstić information content (AvgIpc) is 3.56. The van der Waals surface area contributed by atoms with Crippen molar-refractivity contribution in [1.29, 1.82) is 0 Å². The minimum absolute atomic E-state index is 0.278. The summed E-state index contributed by atoms with van der Waals surface area (Å²) in [5, 5.41) is 12.9. The normalized spacial score (nSPS) is 12.6. The fourth-order valence-electron chi connectivity index (χ4n) is 3.59. The van der Waals surface area contributed by atoms with E-state index in [1.54, 1.807) is 23.1 Å². The molecule has 0 saturated heterocycles. The van der Waals surface area contributed by atoms with E-state index >= 15 is 0 Å². The van der Waals surface area contributed by atoms with Crippen LogP contribution >= 0.6 is 23.1 Å². The molecule has 0 atom stereocenters. The van der Waals surface area contributed by atoms with Gasteiger partial charge in [-0.25, -0.2) is 4.98 Å². The van der Waals surface area contributed by atoms with Crippen LogP contribution in [0.3, 0.4) is 0 Å². The minimum atomic E-state index is 0.278. The second-order valence-electron chi connectivity index (χ2n) is 7.83. The molecular weight excluding hydrogens is 440 g/mol. The summed E-state index contributed by atoms with van der Waals surface area (Å²) in [4.78, 5) is 4.81. The highest BCUT2D eigenvalue weighted by Crippen LogP contribution is 2.37. The van der Waals surface area contributed by atoms with Crippen molar-refractivity contribution in [3.05, 3.63) is 59.1 Å². The number of hydrogen-bond donors (Lipinski definition) is 0. The molecule has 0 fully saturated rings. The van der Waals surface area contributed by atoms with Crippen LogP contribution in [0.15, 0.2) is 53.0 Å². The maximum absolute atomic E-state index is 5.49. The monoisotopic (exact) mass is 464 g/mol. The first-order valence-electron chi connectivity index (χ1n) is 10.6. The number of thioether (sulfide) groups is 1. The van der Waals surface area contributed by atoms with Crippen molar-refractivity contribution >= 4 is 23.1 Å². The Morgan fingerprint density at radius 3 is 2.59 bits per heavy atom. The van der Waals surface area contributed by atoms with Gasteiger partial charge in [0.2, 0.25) is 6.79 Å². The minimum Gasteiger partial charge on any atom is -0.454 e. The van der Waals surface area contributed by atoms with E-state index in [1.807, 2.05) is 18.2 Å². The summed E-state index contributed by atoms with van der Waals surface area (Å²) in [5.41, 5.74) is 4.49. The molecule has 0 spiro atoms. The van der Waals surface area contributed by atoms with Crippen molar-refractivity contribution < 1.29 is 9.47 Å². The average molecular weight is 465 g/mol. The zero-order valence-electron chi connectivity index (χ0n) is 18.2. The first kappa shape index (κ1) is 21.0. The van der Waals surface area contributed by atoms with Crippen LogP contribution in [0.4, 0.5) is 0 Å². The zero-order chi connectivity index (χ0) is 22.1. The molecule has 0 N–H and O–H groups in total. The standard InChI is InChI=1S/C24H24N4O2S2/c1-4-28-22(17-7-5-16(6-8-17)15(2)3)26-27-24(28)32-13-19-12-31-23(25-19)18-9-10-20-21(11-18)30-14-29-20/h5-12,15H,4,13-14H2,1-3H3. The highest BCUT2D eigenvalue weighted by molar-refractivity contribution is 7.98. The van der Waals surface area contributed by atoms with E-state index in [2.05, 4.69) is 65.2 Å². The molecule has 5 rings (SSSR count). The Balaban J connectivity index is 1.30. The Morgan fingerprint density at radius 2 is 1.81 bits per heavy atom. The molecule has 164 valence electrons. The molecule has 0 bridgehead atoms. The second-order valence-corrected chi connectivity index (χ2v) is 9.63. The summed E-state index contributed by atoms with van der Waals surface area (Å²) in [5.74, 6) is 3.73. The van der Waals surface area contributed by atoms with E-state index in [4.69, 9.17) is 14.5 Å². The van der Waals surface area contributed by atoms with Crippen molar-refractivity contribution in [3.8, 4) is 33.5 Å². The Hall–Kier alpha value is -2.84. The lowest BCUT2D eigenvalue weighted by molar-refractivity contribution is 0.174. The molecular formula is C24H24N4O2S2. The summed E-state index contributed by atoms with van der Waals surface area (Å²) in [6.45, 7) is 7.63. The number of fused-ring (bicyclic) bond motifs is 1. The van der Waals surface area contributed by atoms with Gasteiger partial charge in [-0.15, -0.1) is 21.5 Å². The van der Waals surface area contributed by atoms with Gasteiger partial charge in [0.15, 0.2) is 22.5 Å². The lowest BCUT2D eigenvalue weighted by Crippen LogP contribution is -2.00. The van der Waals surface area contributed by atoms with Crippen molar-refractivity contribution in [2.24, 2.45) is 0 Å². The summed E-state index contributed by atoms with van der Waals surface area (Å²) >= 11 is 3.30. The molecule has 0 amide bonds. The molecule has 0 radical (unpaired) electrons. The number of ether oxygens (including phenoxy) is 2. The smallest absolute Gasteiger partial charge is 0.231 e. The van der Waals surface area contributed by atoms with Crippen molar-refractivity contribution in [2.45, 2.75) is 44.1 Å². The summed E-state index contributed by atoms with van der Waals surface area (Å²) in [7, 11) is 0. The molecule has 3 heterocycles. The molecule has 6 nitrogen and oxygen atoms in total. The van der Waals surface area contributed by atoms with Gasteiger partial charge in [-0.2, -0.15) is 0 Å². The quantitative estimate of drug-likeness (QED) is 0.302. The molecule has 0 unspecified atom stereocenters. The van der Waals surface area contributed by atoms with Gasteiger partial charge in [-0.1, -0.05) is 49.9 Å². The molecule has 0 aliphatic carbocycles. The van der Waals surface area contributed by atoms with Crippen LogP contribution in [0.5, 0.6) is 11.5 Å². The van der Waals surface area contributed by atoms with Gasteiger partial charge in [0.1, 0.15) is 5.01 Å². The largest absolute Gasteiger partial charge is 0.454 e. The number of hydrogen-bond acceptors (Lipinski definition) is 7. The third-order valence-electron chi connectivity index (χ3n) is 5.39. The van der Waals surface area contributed by atoms with Crippen molar-refractivity contribution in [1.82, 2.24) is 19.7 Å². The van der Waals surface area contributed by atoms with Crippen LogP contribution in [-0.2, 0) is 12.3 Å². The molecule has 8 heteroatoms. The number of nitrogens with zero attached hydrogens (tertiary/aromatic N) is 4. The lowest BCUT2D eigenvalue weighted by atomic mass is 10.0. The highest BCUT2D eigenvalue weighted by atomic mass is 32.2. The molecule has 4 aromatic rings. The number of thiazole rings is 1. The third kappa shape index (κ3) is 4.12. The molecule has 0 saturated carbocycles. The van der Waals surface area contributed by atoms with Crippen LogP contribution in [0, 0.1) is 0 Å². The predicted octanol–water partition coefficient (Wildman–Crippen LogP) is 6.23. The lowest BCUT2D eigenvalue weighted by Gasteiger charge is -2.09. The maximum Gasteiger partial charge on any atom is 0.231 e.